The molecule has 4 rings (SSSR count). The third kappa shape index (κ3) is 2.82. The van der Waals surface area contributed by atoms with E-state index in [0.717, 1.165) is 5.69 Å². The lowest BCUT2D eigenvalue weighted by Crippen LogP contribution is -2.24. The number of carbonyl (C=O) groups is 1. The van der Waals surface area contributed by atoms with Gasteiger partial charge in [0.05, 0.1) is 18.7 Å². The second-order valence-electron chi connectivity index (χ2n) is 5.64. The van der Waals surface area contributed by atoms with Crippen LogP contribution in [0.3, 0.4) is 0 Å². The summed E-state index contributed by atoms with van der Waals surface area (Å²) >= 11 is 0. The number of hydrogen-bond acceptors (Lipinski definition) is 7. The van der Waals surface area contributed by atoms with E-state index in [9.17, 15) is 4.79 Å². The van der Waals surface area contributed by atoms with E-state index in [0.29, 0.717) is 36.1 Å². The number of benzene rings is 1. The highest BCUT2D eigenvalue weighted by Crippen LogP contribution is 2.36. The summed E-state index contributed by atoms with van der Waals surface area (Å²) < 4.78 is 10.7. The first kappa shape index (κ1) is 15.3. The Morgan fingerprint density at radius 1 is 1.24 bits per heavy atom. The third-order valence-corrected chi connectivity index (χ3v) is 4.09. The zero-order valence-electron chi connectivity index (χ0n) is 13.5. The molecular weight excluding hydrogens is 322 g/mol. The molecular formula is C17H15N5O3. The molecule has 0 N–H and O–H groups in total. The second-order valence-corrected chi connectivity index (χ2v) is 5.64. The molecule has 2 aromatic heterocycles. The van der Waals surface area contributed by atoms with Crippen molar-refractivity contribution in [2.45, 2.75) is 12.3 Å². The summed E-state index contributed by atoms with van der Waals surface area (Å²) in [5.74, 6) is 1.27. The van der Waals surface area contributed by atoms with E-state index < -0.39 is 0 Å². The largest absolute Gasteiger partial charge is 0.495 e. The van der Waals surface area contributed by atoms with Crippen molar-refractivity contribution in [3.63, 3.8) is 0 Å². The van der Waals surface area contributed by atoms with E-state index in [1.165, 1.54) is 0 Å². The van der Waals surface area contributed by atoms with Gasteiger partial charge in [-0.15, -0.1) is 5.10 Å². The standard InChI is InChI=1S/C17H15N5O3/c1-24-14-7-3-2-6-13(14)22-10-11(9-15(22)23)17-19-16(21-25-17)12-5-4-8-18-20-12/h2-8,11H,9-10H2,1H3. The van der Waals surface area contributed by atoms with Crippen LogP contribution >= 0.6 is 0 Å². The summed E-state index contributed by atoms with van der Waals surface area (Å²) in [4.78, 5) is 18.5. The molecule has 0 bridgehead atoms. The molecule has 8 nitrogen and oxygen atoms in total. The molecule has 3 aromatic rings. The highest BCUT2D eigenvalue weighted by atomic mass is 16.5. The predicted octanol–water partition coefficient (Wildman–Crippen LogP) is 2.06. The number of ether oxygens (including phenoxy) is 1. The maximum absolute atomic E-state index is 12.5. The van der Waals surface area contributed by atoms with Gasteiger partial charge >= 0.3 is 0 Å². The molecule has 1 saturated heterocycles. The summed E-state index contributed by atoms with van der Waals surface area (Å²) in [7, 11) is 1.59. The average Bonchev–Trinajstić information content (AvgIpc) is 3.29. The van der Waals surface area contributed by atoms with Gasteiger partial charge in [-0.3, -0.25) is 4.79 Å². The van der Waals surface area contributed by atoms with Gasteiger partial charge in [-0.05, 0) is 24.3 Å². The summed E-state index contributed by atoms with van der Waals surface area (Å²) in [5.41, 5.74) is 1.27. The first-order valence-corrected chi connectivity index (χ1v) is 7.81. The van der Waals surface area contributed by atoms with Gasteiger partial charge in [0.1, 0.15) is 11.4 Å². The number of anilines is 1. The highest BCUT2D eigenvalue weighted by molar-refractivity contribution is 5.97. The molecule has 126 valence electrons. The number of amides is 1. The fraction of sp³-hybridized carbons (Fsp3) is 0.235. The Kier molecular flexibility index (Phi) is 3.85. The van der Waals surface area contributed by atoms with Crippen molar-refractivity contribution in [2.75, 3.05) is 18.6 Å². The van der Waals surface area contributed by atoms with E-state index in [-0.39, 0.29) is 11.8 Å². The van der Waals surface area contributed by atoms with Crippen LogP contribution in [-0.2, 0) is 4.79 Å². The number of hydrogen-bond donors (Lipinski definition) is 0. The molecule has 1 aliphatic heterocycles. The van der Waals surface area contributed by atoms with E-state index in [1.54, 1.807) is 30.3 Å². The first-order chi connectivity index (χ1) is 12.3. The van der Waals surface area contributed by atoms with Gasteiger partial charge in [0, 0.05) is 19.2 Å². The van der Waals surface area contributed by atoms with Crippen LogP contribution in [0.2, 0.25) is 0 Å². The smallest absolute Gasteiger partial charge is 0.232 e. The molecule has 1 atom stereocenters. The molecule has 1 fully saturated rings. The van der Waals surface area contributed by atoms with Gasteiger partial charge in [0.2, 0.25) is 17.6 Å². The molecule has 1 unspecified atom stereocenters. The molecule has 0 radical (unpaired) electrons. The zero-order valence-corrected chi connectivity index (χ0v) is 13.5. The molecule has 25 heavy (non-hydrogen) atoms. The maximum atomic E-state index is 12.5. The molecule has 8 heteroatoms. The lowest BCUT2D eigenvalue weighted by atomic mass is 10.1. The first-order valence-electron chi connectivity index (χ1n) is 7.81. The minimum Gasteiger partial charge on any atom is -0.495 e. The van der Waals surface area contributed by atoms with Crippen molar-refractivity contribution >= 4 is 11.6 Å². The van der Waals surface area contributed by atoms with Crippen LogP contribution in [-0.4, -0.2) is 39.9 Å². The van der Waals surface area contributed by atoms with Gasteiger partial charge in [0.25, 0.3) is 0 Å². The number of aromatic nitrogens is 4. The summed E-state index contributed by atoms with van der Waals surface area (Å²) in [6.45, 7) is 0.460. The van der Waals surface area contributed by atoms with Crippen molar-refractivity contribution in [1.29, 1.82) is 0 Å². The van der Waals surface area contributed by atoms with Crippen LogP contribution in [0.1, 0.15) is 18.2 Å². The number of methoxy groups -OCH3 is 1. The van der Waals surface area contributed by atoms with Crippen LogP contribution in [0.25, 0.3) is 11.5 Å². The Balaban J connectivity index is 1.58. The Bertz CT molecular complexity index is 896. The third-order valence-electron chi connectivity index (χ3n) is 4.09. The normalized spacial score (nSPS) is 17.1. The second kappa shape index (κ2) is 6.31. The highest BCUT2D eigenvalue weighted by Gasteiger charge is 2.36. The summed E-state index contributed by atoms with van der Waals surface area (Å²) in [5, 5.41) is 11.7. The van der Waals surface area contributed by atoms with Crippen molar-refractivity contribution < 1.29 is 14.1 Å². The summed E-state index contributed by atoms with van der Waals surface area (Å²) in [6, 6.07) is 10.9. The Morgan fingerprint density at radius 2 is 2.12 bits per heavy atom. The van der Waals surface area contributed by atoms with E-state index in [1.807, 2.05) is 24.3 Å². The molecule has 0 aliphatic carbocycles. The summed E-state index contributed by atoms with van der Waals surface area (Å²) in [6.07, 6.45) is 1.88. The maximum Gasteiger partial charge on any atom is 0.232 e. The van der Waals surface area contributed by atoms with Gasteiger partial charge in [-0.2, -0.15) is 10.1 Å². The van der Waals surface area contributed by atoms with E-state index in [4.69, 9.17) is 9.26 Å². The minimum absolute atomic E-state index is 0.00578. The van der Waals surface area contributed by atoms with E-state index in [2.05, 4.69) is 20.3 Å². The fourth-order valence-corrected chi connectivity index (χ4v) is 2.88. The van der Waals surface area contributed by atoms with E-state index >= 15 is 0 Å². The Labute approximate surface area is 143 Å². The van der Waals surface area contributed by atoms with Crippen molar-refractivity contribution in [2.24, 2.45) is 0 Å². The van der Waals surface area contributed by atoms with Crippen molar-refractivity contribution in [1.82, 2.24) is 20.3 Å². The van der Waals surface area contributed by atoms with Crippen LogP contribution in [0, 0.1) is 0 Å². The molecule has 1 aliphatic rings. The van der Waals surface area contributed by atoms with Gasteiger partial charge in [-0.25, -0.2) is 0 Å². The van der Waals surface area contributed by atoms with Crippen molar-refractivity contribution in [3.8, 4) is 17.3 Å². The number of carbonyl (C=O) groups excluding carboxylic acids is 1. The Hall–Kier alpha value is -3.29. The van der Waals surface area contributed by atoms with Gasteiger partial charge in [0.15, 0.2) is 0 Å². The molecule has 1 aromatic carbocycles. The minimum atomic E-state index is -0.171. The lowest BCUT2D eigenvalue weighted by Gasteiger charge is -2.18. The monoisotopic (exact) mass is 337 g/mol. The SMILES string of the molecule is COc1ccccc1N1CC(c2nc(-c3cccnn3)no2)CC1=O. The number of rotatable bonds is 4. The quantitative estimate of drug-likeness (QED) is 0.719. The average molecular weight is 337 g/mol. The molecule has 0 saturated carbocycles. The van der Waals surface area contributed by atoms with Crippen LogP contribution in [0.15, 0.2) is 47.1 Å². The molecule has 3 heterocycles. The van der Waals surface area contributed by atoms with Crippen LogP contribution in [0.5, 0.6) is 5.75 Å². The number of nitrogens with zero attached hydrogens (tertiary/aromatic N) is 5. The van der Waals surface area contributed by atoms with Crippen LogP contribution in [0.4, 0.5) is 5.69 Å². The van der Waals surface area contributed by atoms with Gasteiger partial charge < -0.3 is 14.2 Å². The van der Waals surface area contributed by atoms with Crippen molar-refractivity contribution in [3.05, 3.63) is 48.5 Å². The zero-order chi connectivity index (χ0) is 17.2. The molecule has 1 amide bonds. The molecule has 0 spiro atoms. The van der Waals surface area contributed by atoms with Gasteiger partial charge in [-0.1, -0.05) is 17.3 Å². The fourth-order valence-electron chi connectivity index (χ4n) is 2.88. The number of para-hydroxylation sites is 2. The Morgan fingerprint density at radius 3 is 2.92 bits per heavy atom. The van der Waals surface area contributed by atoms with Crippen LogP contribution < -0.4 is 9.64 Å². The lowest BCUT2D eigenvalue weighted by molar-refractivity contribution is -0.117. The topological polar surface area (TPSA) is 94.2 Å². The predicted molar refractivity (Wildman–Crippen MR) is 88.0 cm³/mol.